The first kappa shape index (κ1) is 30.9. The quantitative estimate of drug-likeness (QED) is 0.430. The van der Waals surface area contributed by atoms with Crippen LogP contribution in [0, 0.1) is 23.7 Å². The Kier molecular flexibility index (Phi) is 8.25. The molecule has 39 heavy (non-hydrogen) atoms. The van der Waals surface area contributed by atoms with E-state index in [0.29, 0.717) is 24.1 Å². The number of fused-ring (bicyclic) bond motifs is 2. The Morgan fingerprint density at radius 3 is 2.21 bits per heavy atom. The van der Waals surface area contributed by atoms with Crippen LogP contribution in [-0.4, -0.2) is 49.3 Å². The summed E-state index contributed by atoms with van der Waals surface area (Å²) in [4.78, 5) is 38.4. The molecule has 0 aliphatic heterocycles. The van der Waals surface area contributed by atoms with E-state index in [0.717, 1.165) is 12.0 Å². The van der Waals surface area contributed by atoms with Gasteiger partial charge in [0.1, 0.15) is 23.0 Å². The van der Waals surface area contributed by atoms with Crippen molar-refractivity contribution < 1.29 is 32.3 Å². The number of hydrogen-bond donors (Lipinski definition) is 2. The van der Waals surface area contributed by atoms with Gasteiger partial charge in [0, 0.05) is 18.5 Å². The highest BCUT2D eigenvalue weighted by Crippen LogP contribution is 2.64. The summed E-state index contributed by atoms with van der Waals surface area (Å²) in [5.74, 6) is -0.636. The fourth-order valence-corrected chi connectivity index (χ4v) is 7.72. The van der Waals surface area contributed by atoms with Crippen LogP contribution in [0.4, 0.5) is 10.5 Å². The van der Waals surface area contributed by atoms with Gasteiger partial charge >= 0.3 is 12.1 Å². The van der Waals surface area contributed by atoms with Gasteiger partial charge in [-0.15, -0.1) is 0 Å². The molecule has 0 unspecified atom stereocenters. The highest BCUT2D eigenvalue weighted by atomic mass is 32.2. The molecule has 1 aromatic rings. The van der Waals surface area contributed by atoms with E-state index in [1.54, 1.807) is 59.7 Å². The number of anilines is 1. The van der Waals surface area contributed by atoms with Gasteiger partial charge in [-0.1, -0.05) is 19.9 Å². The summed E-state index contributed by atoms with van der Waals surface area (Å²) in [5.41, 5.74) is -1.00. The molecule has 3 rings (SSSR count). The van der Waals surface area contributed by atoms with Crippen LogP contribution >= 0.6 is 0 Å². The summed E-state index contributed by atoms with van der Waals surface area (Å²) in [6.45, 7) is 16.2. The molecule has 2 N–H and O–H groups in total. The van der Waals surface area contributed by atoms with Gasteiger partial charge in [-0.3, -0.25) is 9.52 Å². The van der Waals surface area contributed by atoms with Crippen molar-refractivity contribution in [3.63, 3.8) is 0 Å². The monoisotopic (exact) mass is 564 g/mol. The van der Waals surface area contributed by atoms with Gasteiger partial charge in [0.05, 0.1) is 11.2 Å². The lowest BCUT2D eigenvalue weighted by Crippen LogP contribution is -2.47. The van der Waals surface area contributed by atoms with Crippen LogP contribution in [0.1, 0.15) is 85.8 Å². The van der Waals surface area contributed by atoms with E-state index in [2.05, 4.69) is 10.0 Å². The predicted molar refractivity (Wildman–Crippen MR) is 150 cm³/mol. The van der Waals surface area contributed by atoms with Gasteiger partial charge in [0.15, 0.2) is 0 Å². The molecule has 1 amide bonds. The molecule has 9 nitrogen and oxygen atoms in total. The van der Waals surface area contributed by atoms with Crippen molar-refractivity contribution >= 4 is 33.6 Å². The van der Waals surface area contributed by atoms with Crippen molar-refractivity contribution in [1.82, 2.24) is 5.32 Å². The predicted octanol–water partition coefficient (Wildman–Crippen LogP) is 4.91. The van der Waals surface area contributed by atoms with Gasteiger partial charge in [-0.25, -0.2) is 18.0 Å². The van der Waals surface area contributed by atoms with Crippen LogP contribution in [0.25, 0.3) is 0 Å². The molecule has 3 atom stereocenters. The van der Waals surface area contributed by atoms with Crippen LogP contribution in [0.3, 0.4) is 0 Å². The molecule has 2 aliphatic carbocycles. The standard InChI is InChI=1S/C29H44N2O7S/c1-18-10-11-21(31-39(35,36)17-29-13-12-20(16-23(29)32)28(29,8)9)14-19(18)15-22(24(33)37-26(2,3)4)30-25(34)38-27(5,6)7/h10-11,14,20,22,31H,12-13,15-17H2,1-9H3,(H,30,34)/t20-,22+,29+/m1/s1. The maximum absolute atomic E-state index is 13.3. The Morgan fingerprint density at radius 1 is 1.08 bits per heavy atom. The molecule has 0 saturated heterocycles. The molecule has 0 radical (unpaired) electrons. The first-order valence-electron chi connectivity index (χ1n) is 13.5. The topological polar surface area (TPSA) is 128 Å². The summed E-state index contributed by atoms with van der Waals surface area (Å²) in [7, 11) is -3.86. The molecular formula is C29H44N2O7S. The summed E-state index contributed by atoms with van der Waals surface area (Å²) >= 11 is 0. The molecule has 2 saturated carbocycles. The Labute approximate surface area is 232 Å². The highest BCUT2D eigenvalue weighted by molar-refractivity contribution is 7.92. The molecule has 0 spiro atoms. The number of nitrogens with one attached hydrogen (secondary N) is 2. The Bertz CT molecular complexity index is 1240. The number of Topliss-reactive ketones (excluding diaryl/α,β-unsaturated/α-hetero) is 1. The lowest BCUT2D eigenvalue weighted by atomic mass is 9.70. The fourth-order valence-electron chi connectivity index (χ4n) is 5.84. The van der Waals surface area contributed by atoms with Crippen LogP contribution in [-0.2, 0) is 35.5 Å². The minimum atomic E-state index is -3.86. The number of aryl methyl sites for hydroxylation is 1. The third kappa shape index (κ3) is 7.13. The van der Waals surface area contributed by atoms with Crippen molar-refractivity contribution in [3.05, 3.63) is 29.3 Å². The smallest absolute Gasteiger partial charge is 0.408 e. The zero-order valence-corrected chi connectivity index (χ0v) is 25.5. The molecule has 2 aliphatic rings. The first-order valence-corrected chi connectivity index (χ1v) is 15.2. The van der Waals surface area contributed by atoms with Gasteiger partial charge in [-0.05, 0) is 95.9 Å². The number of ketones is 1. The minimum Gasteiger partial charge on any atom is -0.458 e. The van der Waals surface area contributed by atoms with E-state index in [1.165, 1.54) is 0 Å². The molecule has 0 aromatic heterocycles. The maximum Gasteiger partial charge on any atom is 0.408 e. The lowest BCUT2D eigenvalue weighted by Gasteiger charge is -2.36. The Morgan fingerprint density at radius 2 is 1.69 bits per heavy atom. The van der Waals surface area contributed by atoms with Crippen LogP contribution in [0.5, 0.6) is 0 Å². The summed E-state index contributed by atoms with van der Waals surface area (Å²) in [6.07, 6.45) is 1.18. The number of esters is 1. The molecule has 2 fully saturated rings. The SMILES string of the molecule is Cc1ccc(NS(=O)(=O)C[C@@]23CC[C@H](CC2=O)C3(C)C)cc1C[C@H](NC(=O)OC(C)(C)C)C(=O)OC(C)(C)C. The van der Waals surface area contributed by atoms with Crippen molar-refractivity contribution in [3.8, 4) is 0 Å². The fraction of sp³-hybridized carbons (Fsp3) is 0.690. The number of benzene rings is 1. The molecule has 0 heterocycles. The third-order valence-corrected chi connectivity index (χ3v) is 9.42. The highest BCUT2D eigenvalue weighted by Gasteiger charge is 2.65. The number of carbonyl (C=O) groups is 3. The molecule has 10 heteroatoms. The Balaban J connectivity index is 1.82. The molecular weight excluding hydrogens is 520 g/mol. The lowest BCUT2D eigenvalue weighted by molar-refractivity contribution is -0.157. The normalized spacial score (nSPS) is 23.3. The number of alkyl carbamates (subject to hydrolysis) is 1. The summed E-state index contributed by atoms with van der Waals surface area (Å²) in [6, 6.07) is 3.99. The second kappa shape index (κ2) is 10.4. The van der Waals surface area contributed by atoms with E-state index in [9.17, 15) is 22.8 Å². The van der Waals surface area contributed by atoms with Gasteiger partial charge in [0.2, 0.25) is 10.0 Å². The maximum atomic E-state index is 13.3. The van der Waals surface area contributed by atoms with Crippen LogP contribution < -0.4 is 10.0 Å². The van der Waals surface area contributed by atoms with E-state index >= 15 is 0 Å². The summed E-state index contributed by atoms with van der Waals surface area (Å²) in [5, 5.41) is 2.61. The molecule has 1 aromatic carbocycles. The number of rotatable bonds is 8. The first-order chi connectivity index (χ1) is 17.6. The van der Waals surface area contributed by atoms with Crippen LogP contribution in [0.2, 0.25) is 0 Å². The van der Waals surface area contributed by atoms with E-state index in [1.807, 2.05) is 20.8 Å². The largest absolute Gasteiger partial charge is 0.458 e. The van der Waals surface area contributed by atoms with E-state index in [-0.39, 0.29) is 29.3 Å². The second-order valence-corrected chi connectivity index (χ2v) is 15.3. The van der Waals surface area contributed by atoms with Crippen LogP contribution in [0.15, 0.2) is 18.2 Å². The summed E-state index contributed by atoms with van der Waals surface area (Å²) < 4.78 is 40.2. The average Bonchev–Trinajstić information content (AvgIpc) is 3.06. The average molecular weight is 565 g/mol. The number of amides is 1. The third-order valence-electron chi connectivity index (χ3n) is 8.00. The number of carbonyl (C=O) groups excluding carboxylic acids is 3. The van der Waals surface area contributed by atoms with Crippen molar-refractivity contribution in [1.29, 1.82) is 0 Å². The van der Waals surface area contributed by atoms with Gasteiger partial charge in [-0.2, -0.15) is 0 Å². The molecule has 218 valence electrons. The van der Waals surface area contributed by atoms with E-state index in [4.69, 9.17) is 9.47 Å². The van der Waals surface area contributed by atoms with Gasteiger partial charge in [0.25, 0.3) is 0 Å². The molecule has 2 bridgehead atoms. The number of sulfonamides is 1. The number of hydrogen-bond acceptors (Lipinski definition) is 7. The van der Waals surface area contributed by atoms with Gasteiger partial charge < -0.3 is 14.8 Å². The number of ether oxygens (including phenoxy) is 2. The zero-order valence-electron chi connectivity index (χ0n) is 24.7. The van der Waals surface area contributed by atoms with Crippen molar-refractivity contribution in [2.24, 2.45) is 16.7 Å². The van der Waals surface area contributed by atoms with E-state index < -0.39 is 44.7 Å². The van der Waals surface area contributed by atoms with Crippen molar-refractivity contribution in [2.75, 3.05) is 10.5 Å². The van der Waals surface area contributed by atoms with Crippen molar-refractivity contribution in [2.45, 2.75) is 105 Å². The zero-order chi connectivity index (χ0) is 29.6. The Hall–Kier alpha value is -2.62. The second-order valence-electron chi connectivity index (χ2n) is 13.6. The minimum absolute atomic E-state index is 0.0344.